The van der Waals surface area contributed by atoms with Crippen molar-refractivity contribution in [3.63, 3.8) is 0 Å². The molecule has 1 aliphatic rings. The summed E-state index contributed by atoms with van der Waals surface area (Å²) in [4.78, 5) is 18.2. The van der Waals surface area contributed by atoms with Gasteiger partial charge in [0.05, 0.1) is 28.7 Å². The van der Waals surface area contributed by atoms with E-state index < -0.39 is 17.6 Å². The van der Waals surface area contributed by atoms with Crippen LogP contribution in [0.15, 0.2) is 60.8 Å². The number of likely N-dealkylation sites (tertiary alicyclic amines) is 1. The minimum Gasteiger partial charge on any atom is -0.384 e. The van der Waals surface area contributed by atoms with Gasteiger partial charge in [0.25, 0.3) is 5.91 Å². The zero-order valence-electron chi connectivity index (χ0n) is 17.8. The maximum atomic E-state index is 14.8. The number of benzene rings is 2. The van der Waals surface area contributed by atoms with E-state index in [1.54, 1.807) is 23.1 Å². The van der Waals surface area contributed by atoms with E-state index in [2.05, 4.69) is 10.1 Å². The summed E-state index contributed by atoms with van der Waals surface area (Å²) in [7, 11) is 0. The second-order valence-corrected chi connectivity index (χ2v) is 8.25. The Morgan fingerprint density at radius 2 is 1.85 bits per heavy atom. The number of rotatable bonds is 4. The zero-order chi connectivity index (χ0) is 24.0. The summed E-state index contributed by atoms with van der Waals surface area (Å²) in [5.41, 5.74) is 6.68. The maximum Gasteiger partial charge on any atom is 0.416 e. The molecule has 1 aliphatic heterocycles. The van der Waals surface area contributed by atoms with Gasteiger partial charge in [-0.2, -0.15) is 18.3 Å². The Balaban J connectivity index is 1.42. The molecule has 0 spiro atoms. The van der Waals surface area contributed by atoms with Gasteiger partial charge < -0.3 is 10.6 Å². The van der Waals surface area contributed by atoms with Crippen LogP contribution in [-0.4, -0.2) is 38.7 Å². The number of anilines is 1. The molecule has 1 fully saturated rings. The number of aromatic nitrogens is 3. The summed E-state index contributed by atoms with van der Waals surface area (Å²) >= 11 is 0. The van der Waals surface area contributed by atoms with Gasteiger partial charge in [-0.3, -0.25) is 9.48 Å². The quantitative estimate of drug-likeness (QED) is 0.448. The number of nitrogens with zero attached hydrogens (tertiary/aromatic N) is 4. The molecule has 10 heteroatoms. The van der Waals surface area contributed by atoms with Crippen molar-refractivity contribution < 1.29 is 22.4 Å². The molecule has 0 bridgehead atoms. The Kier molecular flexibility index (Phi) is 5.22. The molecule has 4 aromatic rings. The molecule has 0 saturated carbocycles. The second-order valence-electron chi connectivity index (χ2n) is 8.25. The molecule has 1 amide bonds. The highest BCUT2D eigenvalue weighted by Crippen LogP contribution is 2.35. The van der Waals surface area contributed by atoms with Crippen molar-refractivity contribution in [2.24, 2.45) is 0 Å². The third kappa shape index (κ3) is 3.95. The topological polar surface area (TPSA) is 77.0 Å². The summed E-state index contributed by atoms with van der Waals surface area (Å²) in [6.45, 7) is 0.728. The Hall–Kier alpha value is -3.95. The number of carbonyl (C=O) groups excluding carboxylic acids is 1. The van der Waals surface area contributed by atoms with Gasteiger partial charge in [-0.1, -0.05) is 18.2 Å². The number of hydrogen-bond acceptors (Lipinski definition) is 4. The molecule has 174 valence electrons. The number of halogens is 4. The molecular formula is C24H19F4N5O. The summed E-state index contributed by atoms with van der Waals surface area (Å²) in [6.07, 6.45) is -3.00. The highest BCUT2D eigenvalue weighted by Gasteiger charge is 2.36. The van der Waals surface area contributed by atoms with Crippen LogP contribution in [0.2, 0.25) is 0 Å². The van der Waals surface area contributed by atoms with E-state index in [4.69, 9.17) is 5.73 Å². The van der Waals surface area contributed by atoms with Crippen molar-refractivity contribution >= 4 is 22.6 Å². The fraction of sp³-hybridized carbons (Fsp3) is 0.208. The van der Waals surface area contributed by atoms with Crippen molar-refractivity contribution in [1.82, 2.24) is 19.7 Å². The monoisotopic (exact) mass is 469 g/mol. The molecular weight excluding hydrogens is 450 g/mol. The lowest BCUT2D eigenvalue weighted by molar-refractivity contribution is -0.137. The third-order valence-electron chi connectivity index (χ3n) is 5.92. The lowest BCUT2D eigenvalue weighted by Gasteiger charge is -2.38. The van der Waals surface area contributed by atoms with E-state index in [-0.39, 0.29) is 24.2 Å². The van der Waals surface area contributed by atoms with Crippen LogP contribution < -0.4 is 5.73 Å². The van der Waals surface area contributed by atoms with E-state index in [1.807, 2.05) is 0 Å². The van der Waals surface area contributed by atoms with E-state index >= 15 is 0 Å². The maximum absolute atomic E-state index is 14.8. The van der Waals surface area contributed by atoms with E-state index in [1.165, 1.54) is 35.1 Å². The number of pyridine rings is 1. The van der Waals surface area contributed by atoms with Gasteiger partial charge in [-0.05, 0) is 42.0 Å². The van der Waals surface area contributed by atoms with Crippen molar-refractivity contribution in [2.75, 3.05) is 18.8 Å². The summed E-state index contributed by atoms with van der Waals surface area (Å²) < 4.78 is 55.6. The van der Waals surface area contributed by atoms with Gasteiger partial charge in [0.15, 0.2) is 0 Å². The average Bonchev–Trinajstić information content (AvgIpc) is 3.11. The van der Waals surface area contributed by atoms with Crippen molar-refractivity contribution in [3.05, 3.63) is 89.0 Å². The molecule has 0 aliphatic carbocycles. The molecule has 0 unspecified atom stereocenters. The van der Waals surface area contributed by atoms with Crippen molar-refractivity contribution in [1.29, 1.82) is 0 Å². The lowest BCUT2D eigenvalue weighted by Crippen LogP contribution is -2.48. The van der Waals surface area contributed by atoms with Crippen LogP contribution in [0, 0.1) is 5.82 Å². The minimum absolute atomic E-state index is 0.0511. The first kappa shape index (κ1) is 21.9. The van der Waals surface area contributed by atoms with Crippen LogP contribution >= 0.6 is 0 Å². The third-order valence-corrected chi connectivity index (χ3v) is 5.92. The SMILES string of the molecule is Nc1cc(C(=O)N2CC(c3nn(Cc4cccc(C(F)(F)F)c4)c4cccc(F)c34)C2)ccn1. The molecule has 6 nitrogen and oxygen atoms in total. The number of fused-ring (bicyclic) bond motifs is 1. The predicted octanol–water partition coefficient (Wildman–Crippen LogP) is 4.46. The number of amides is 1. The Bertz CT molecular complexity index is 1390. The Morgan fingerprint density at radius 3 is 2.59 bits per heavy atom. The lowest BCUT2D eigenvalue weighted by atomic mass is 9.93. The average molecular weight is 469 g/mol. The van der Waals surface area contributed by atoms with Crippen LogP contribution in [0.4, 0.5) is 23.4 Å². The van der Waals surface area contributed by atoms with Gasteiger partial charge in [0.1, 0.15) is 11.6 Å². The van der Waals surface area contributed by atoms with E-state index in [0.29, 0.717) is 40.8 Å². The fourth-order valence-corrected chi connectivity index (χ4v) is 4.22. The van der Waals surface area contributed by atoms with E-state index in [0.717, 1.165) is 12.1 Å². The standard InChI is InChI=1S/C24H19F4N5O/c25-18-5-2-6-19-21(18)22(16-12-32(13-16)23(34)15-7-8-30-20(29)10-15)31-33(19)11-14-3-1-4-17(9-14)24(26,27)28/h1-10,16H,11-13H2,(H2,29,30). The zero-order valence-corrected chi connectivity index (χ0v) is 17.8. The molecule has 3 heterocycles. The molecule has 2 N–H and O–H groups in total. The number of carbonyl (C=O) groups is 1. The normalized spacial score (nSPS) is 14.4. The number of alkyl halides is 3. The smallest absolute Gasteiger partial charge is 0.384 e. The summed E-state index contributed by atoms with van der Waals surface area (Å²) in [6, 6.07) is 12.6. The minimum atomic E-state index is -4.46. The van der Waals surface area contributed by atoms with Gasteiger partial charge in [0, 0.05) is 30.8 Å². The molecule has 0 radical (unpaired) electrons. The Morgan fingerprint density at radius 1 is 1.09 bits per heavy atom. The van der Waals surface area contributed by atoms with Crippen LogP contribution in [0.3, 0.4) is 0 Å². The first-order valence-corrected chi connectivity index (χ1v) is 10.5. The van der Waals surface area contributed by atoms with Crippen LogP contribution in [0.25, 0.3) is 10.9 Å². The number of nitrogens with two attached hydrogens (primary N) is 1. The van der Waals surface area contributed by atoms with Gasteiger partial charge in [0.2, 0.25) is 0 Å². The summed E-state index contributed by atoms with van der Waals surface area (Å²) in [5, 5.41) is 4.89. The van der Waals surface area contributed by atoms with Crippen molar-refractivity contribution in [3.8, 4) is 0 Å². The molecule has 5 rings (SSSR count). The first-order valence-electron chi connectivity index (χ1n) is 10.5. The van der Waals surface area contributed by atoms with Crippen LogP contribution in [0.5, 0.6) is 0 Å². The fourth-order valence-electron chi connectivity index (χ4n) is 4.22. The van der Waals surface area contributed by atoms with Crippen molar-refractivity contribution in [2.45, 2.75) is 18.6 Å². The van der Waals surface area contributed by atoms with Gasteiger partial charge in [-0.25, -0.2) is 9.37 Å². The Labute approximate surface area is 191 Å². The largest absolute Gasteiger partial charge is 0.416 e. The molecule has 2 aromatic heterocycles. The van der Waals surface area contributed by atoms with Gasteiger partial charge >= 0.3 is 6.18 Å². The highest BCUT2D eigenvalue weighted by atomic mass is 19.4. The van der Waals surface area contributed by atoms with Gasteiger partial charge in [-0.15, -0.1) is 0 Å². The molecule has 1 saturated heterocycles. The number of hydrogen-bond donors (Lipinski definition) is 1. The molecule has 2 aromatic carbocycles. The van der Waals surface area contributed by atoms with E-state index in [9.17, 15) is 22.4 Å². The van der Waals surface area contributed by atoms with Crippen LogP contribution in [0.1, 0.15) is 33.1 Å². The van der Waals surface area contributed by atoms with Crippen LogP contribution in [-0.2, 0) is 12.7 Å². The highest BCUT2D eigenvalue weighted by molar-refractivity contribution is 5.95. The predicted molar refractivity (Wildman–Crippen MR) is 118 cm³/mol. The number of nitrogen functional groups attached to an aromatic ring is 1. The summed E-state index contributed by atoms with van der Waals surface area (Å²) in [5.74, 6) is -0.636. The molecule has 34 heavy (non-hydrogen) atoms. The second kappa shape index (κ2) is 8.12. The molecule has 0 atom stereocenters. The first-order chi connectivity index (χ1) is 16.2.